The first-order chi connectivity index (χ1) is 26.6. The van der Waals surface area contributed by atoms with Crippen molar-refractivity contribution in [3.05, 3.63) is 72.9 Å². The molecule has 0 aliphatic rings. The molecule has 4 N–H and O–H groups in total. The Hall–Kier alpha value is -3.08. The molecule has 1 amide bonds. The van der Waals surface area contributed by atoms with Crippen molar-refractivity contribution < 1.29 is 47.8 Å². The van der Waals surface area contributed by atoms with Crippen molar-refractivity contribution in [2.75, 3.05) is 19.8 Å². The molecular formula is C43H72NO10P. The lowest BCUT2D eigenvalue weighted by Gasteiger charge is -2.18. The van der Waals surface area contributed by atoms with Gasteiger partial charge in [-0.2, -0.15) is 0 Å². The van der Waals surface area contributed by atoms with E-state index in [0.717, 1.165) is 89.9 Å². The second-order valence-electron chi connectivity index (χ2n) is 13.4. The van der Waals surface area contributed by atoms with E-state index < -0.39 is 57.6 Å². The van der Waals surface area contributed by atoms with Gasteiger partial charge in [-0.25, -0.2) is 9.36 Å². The summed E-state index contributed by atoms with van der Waals surface area (Å²) in [6.45, 7) is 2.37. The number of hydrogen-bond acceptors (Lipinski definition) is 8. The molecule has 0 saturated heterocycles. The van der Waals surface area contributed by atoms with Gasteiger partial charge in [-0.1, -0.05) is 145 Å². The minimum absolute atomic E-state index is 0.141. The number of allylic oxidation sites excluding steroid dienone is 12. The number of nitrogens with one attached hydrogen (secondary N) is 1. The van der Waals surface area contributed by atoms with E-state index in [4.69, 9.17) is 13.8 Å². The zero-order valence-electron chi connectivity index (χ0n) is 33.7. The fourth-order valence-electron chi connectivity index (χ4n) is 5.08. The van der Waals surface area contributed by atoms with Crippen LogP contribution in [0.3, 0.4) is 0 Å². The van der Waals surface area contributed by atoms with E-state index in [2.05, 4.69) is 92.1 Å². The Labute approximate surface area is 331 Å². The predicted octanol–water partition coefficient (Wildman–Crippen LogP) is 10.2. The molecule has 12 heteroatoms. The van der Waals surface area contributed by atoms with Gasteiger partial charge in [-0.15, -0.1) is 0 Å². The van der Waals surface area contributed by atoms with Crippen molar-refractivity contribution in [1.29, 1.82) is 0 Å². The molecule has 0 aromatic carbocycles. The summed E-state index contributed by atoms with van der Waals surface area (Å²) in [5, 5.41) is 21.7. The molecule has 0 aliphatic heterocycles. The molecular weight excluding hydrogens is 721 g/mol. The van der Waals surface area contributed by atoms with Gasteiger partial charge in [0.25, 0.3) is 0 Å². The van der Waals surface area contributed by atoms with Crippen LogP contribution in [0, 0.1) is 0 Å². The average Bonchev–Trinajstić information content (AvgIpc) is 3.16. The van der Waals surface area contributed by atoms with E-state index >= 15 is 0 Å². The SMILES string of the molecule is CC/C=C\C/C=C\C/C=C\C/C=C\C/C=C\C/C=C\CCCCCCC(=O)OCC(O)COP(=O)(O)OCC(NC(=O)CCCCCCCCCC)C(=O)O. The van der Waals surface area contributed by atoms with Gasteiger partial charge in [0.2, 0.25) is 5.91 Å². The number of esters is 1. The third-order valence-electron chi connectivity index (χ3n) is 8.26. The molecule has 55 heavy (non-hydrogen) atoms. The lowest BCUT2D eigenvalue weighted by atomic mass is 10.1. The number of rotatable bonds is 37. The molecule has 0 aromatic rings. The first kappa shape index (κ1) is 51.9. The largest absolute Gasteiger partial charge is 0.480 e. The number of aliphatic hydroxyl groups excluding tert-OH is 1. The fourth-order valence-corrected chi connectivity index (χ4v) is 5.85. The monoisotopic (exact) mass is 793 g/mol. The number of carbonyl (C=O) groups excluding carboxylic acids is 2. The molecule has 0 radical (unpaired) electrons. The highest BCUT2D eigenvalue weighted by Gasteiger charge is 2.28. The second-order valence-corrected chi connectivity index (χ2v) is 14.9. The summed E-state index contributed by atoms with van der Waals surface area (Å²) in [4.78, 5) is 45.6. The predicted molar refractivity (Wildman–Crippen MR) is 221 cm³/mol. The van der Waals surface area contributed by atoms with Gasteiger partial charge >= 0.3 is 19.8 Å². The van der Waals surface area contributed by atoms with Crippen LogP contribution < -0.4 is 5.32 Å². The Bertz CT molecular complexity index is 1210. The van der Waals surface area contributed by atoms with Gasteiger partial charge in [-0.3, -0.25) is 18.6 Å². The number of carboxylic acids is 1. The minimum atomic E-state index is -4.76. The number of phosphoric acid groups is 1. The number of carboxylic acid groups (broad SMARTS) is 1. The van der Waals surface area contributed by atoms with E-state index in [1.165, 1.54) is 19.3 Å². The van der Waals surface area contributed by atoms with E-state index in [1.54, 1.807) is 0 Å². The lowest BCUT2D eigenvalue weighted by molar-refractivity contribution is -0.147. The molecule has 3 atom stereocenters. The van der Waals surface area contributed by atoms with Crippen LogP contribution in [0.4, 0.5) is 0 Å². The number of carbonyl (C=O) groups is 3. The lowest BCUT2D eigenvalue weighted by Crippen LogP contribution is -2.43. The average molecular weight is 794 g/mol. The smallest absolute Gasteiger partial charge is 0.472 e. The summed E-state index contributed by atoms with van der Waals surface area (Å²) in [7, 11) is -4.76. The summed E-state index contributed by atoms with van der Waals surface area (Å²) in [5.74, 6) is -2.42. The summed E-state index contributed by atoms with van der Waals surface area (Å²) in [6, 6.07) is -1.55. The Morgan fingerprint density at radius 1 is 0.600 bits per heavy atom. The van der Waals surface area contributed by atoms with Crippen LogP contribution in [0.2, 0.25) is 0 Å². The molecule has 0 heterocycles. The molecule has 0 saturated carbocycles. The number of aliphatic hydroxyl groups is 1. The molecule has 0 bridgehead atoms. The van der Waals surface area contributed by atoms with E-state index in [1.807, 2.05) is 0 Å². The molecule has 314 valence electrons. The molecule has 0 aromatic heterocycles. The second kappa shape index (κ2) is 37.8. The normalized spacial score (nSPS) is 14.5. The zero-order chi connectivity index (χ0) is 40.7. The highest BCUT2D eigenvalue weighted by molar-refractivity contribution is 7.47. The van der Waals surface area contributed by atoms with Crippen molar-refractivity contribution >= 4 is 25.7 Å². The summed E-state index contributed by atoms with van der Waals surface area (Å²) < 4.78 is 26.7. The van der Waals surface area contributed by atoms with E-state index in [-0.39, 0.29) is 12.8 Å². The number of aliphatic carboxylic acids is 1. The van der Waals surface area contributed by atoms with E-state index in [0.29, 0.717) is 12.8 Å². The topological polar surface area (TPSA) is 169 Å². The Morgan fingerprint density at radius 3 is 1.58 bits per heavy atom. The Balaban J connectivity index is 3.93. The molecule has 0 fully saturated rings. The molecule has 0 rings (SSSR count). The maximum absolute atomic E-state index is 12.2. The van der Waals surface area contributed by atoms with Crippen molar-refractivity contribution in [1.82, 2.24) is 5.32 Å². The summed E-state index contributed by atoms with van der Waals surface area (Å²) in [5.41, 5.74) is 0. The molecule has 0 aliphatic carbocycles. The first-order valence-corrected chi connectivity index (χ1v) is 22.0. The first-order valence-electron chi connectivity index (χ1n) is 20.5. The number of amides is 1. The number of phosphoric ester groups is 1. The van der Waals surface area contributed by atoms with Gasteiger partial charge < -0.3 is 25.2 Å². The summed E-state index contributed by atoms with van der Waals surface area (Å²) >= 11 is 0. The summed E-state index contributed by atoms with van der Waals surface area (Å²) in [6.07, 6.45) is 43.8. The zero-order valence-corrected chi connectivity index (χ0v) is 34.6. The van der Waals surface area contributed by atoms with E-state index in [9.17, 15) is 34.1 Å². The maximum Gasteiger partial charge on any atom is 0.472 e. The number of hydrogen-bond donors (Lipinski definition) is 4. The van der Waals surface area contributed by atoms with Gasteiger partial charge in [0, 0.05) is 12.8 Å². The van der Waals surface area contributed by atoms with Crippen LogP contribution in [-0.4, -0.2) is 64.9 Å². The van der Waals surface area contributed by atoms with Gasteiger partial charge in [-0.05, 0) is 64.2 Å². The number of ether oxygens (including phenoxy) is 1. The molecule has 3 unspecified atom stereocenters. The van der Waals surface area contributed by atoms with Crippen molar-refractivity contribution in [2.24, 2.45) is 0 Å². The molecule has 11 nitrogen and oxygen atoms in total. The third-order valence-corrected chi connectivity index (χ3v) is 9.21. The van der Waals surface area contributed by atoms with Crippen LogP contribution in [0.25, 0.3) is 0 Å². The Morgan fingerprint density at radius 2 is 1.05 bits per heavy atom. The Kier molecular flexibility index (Phi) is 35.7. The van der Waals surface area contributed by atoms with Gasteiger partial charge in [0.15, 0.2) is 6.04 Å². The standard InChI is InChI=1S/C43H72NO10P/c1-3-5-7-9-11-13-14-15-16-17-18-19-20-21-22-23-24-25-26-27-29-31-33-35-42(47)52-36-39(45)37-53-55(50,51)54-38-40(43(48)49)44-41(46)34-32-30-28-12-10-8-6-4-2/h5,7,11,13,15-16,18-19,21-22,24-25,39-40,45H,3-4,6,8-10,12,14,17,20,23,26-38H2,1-2H3,(H,44,46)(H,48,49)(H,50,51)/b7-5-,13-11-,16-15-,19-18-,22-21-,25-24-. The fraction of sp³-hybridized carbons (Fsp3) is 0.651. The van der Waals surface area contributed by atoms with Crippen molar-refractivity contribution in [3.63, 3.8) is 0 Å². The maximum atomic E-state index is 12.2. The minimum Gasteiger partial charge on any atom is -0.480 e. The third kappa shape index (κ3) is 37.6. The quantitative estimate of drug-likeness (QED) is 0.0206. The van der Waals surface area contributed by atoms with Gasteiger partial charge in [0.1, 0.15) is 12.7 Å². The van der Waals surface area contributed by atoms with Crippen LogP contribution in [0.15, 0.2) is 72.9 Å². The van der Waals surface area contributed by atoms with Crippen LogP contribution in [0.5, 0.6) is 0 Å². The van der Waals surface area contributed by atoms with Crippen molar-refractivity contribution in [3.8, 4) is 0 Å². The molecule has 0 spiro atoms. The van der Waals surface area contributed by atoms with Crippen LogP contribution in [-0.2, 0) is 32.7 Å². The van der Waals surface area contributed by atoms with Crippen molar-refractivity contribution in [2.45, 2.75) is 161 Å². The van der Waals surface area contributed by atoms with Gasteiger partial charge in [0.05, 0.1) is 13.2 Å². The van der Waals surface area contributed by atoms with Crippen LogP contribution >= 0.6 is 7.82 Å². The van der Waals surface area contributed by atoms with Crippen LogP contribution in [0.1, 0.15) is 149 Å². The highest BCUT2D eigenvalue weighted by atomic mass is 31.2. The number of unbranched alkanes of at least 4 members (excludes halogenated alkanes) is 11. The highest BCUT2D eigenvalue weighted by Crippen LogP contribution is 2.43.